The number of aromatic nitrogens is 3. The lowest BCUT2D eigenvalue weighted by molar-refractivity contribution is 0.0950. The maximum atomic E-state index is 12.9. The van der Waals surface area contributed by atoms with Crippen LogP contribution in [0.3, 0.4) is 0 Å². The molecule has 0 unspecified atom stereocenters. The smallest absolute Gasteiger partial charge is 0.251 e. The van der Waals surface area contributed by atoms with Gasteiger partial charge in [-0.15, -0.1) is 0 Å². The molecule has 1 aliphatic heterocycles. The van der Waals surface area contributed by atoms with Crippen LogP contribution in [-0.4, -0.2) is 41.1 Å². The summed E-state index contributed by atoms with van der Waals surface area (Å²) in [5, 5.41) is 3.07. The summed E-state index contributed by atoms with van der Waals surface area (Å²) in [7, 11) is -3.57. The van der Waals surface area contributed by atoms with E-state index in [9.17, 15) is 13.2 Å². The summed E-state index contributed by atoms with van der Waals surface area (Å²) >= 11 is 0. The highest BCUT2D eigenvalue weighted by molar-refractivity contribution is 7.92. The van der Waals surface area contributed by atoms with E-state index in [1.807, 2.05) is 30.3 Å². The Morgan fingerprint density at radius 3 is 2.73 bits per heavy atom. The SMILES string of the molecule is C[C@H]1COCc2ccc(C(=O)NCc3cc4nc(-c5cccc(C6CC6)n5)ccc4cn3)cc2S1(=O)=O. The van der Waals surface area contributed by atoms with Crippen LogP contribution >= 0.6 is 0 Å². The highest BCUT2D eigenvalue weighted by Gasteiger charge is 2.30. The molecule has 1 fully saturated rings. The van der Waals surface area contributed by atoms with Crippen molar-refractivity contribution in [2.75, 3.05) is 6.61 Å². The van der Waals surface area contributed by atoms with Gasteiger partial charge in [0.15, 0.2) is 9.84 Å². The molecule has 0 radical (unpaired) electrons. The second-order valence-corrected chi connectivity index (χ2v) is 12.0. The van der Waals surface area contributed by atoms with Crippen molar-refractivity contribution in [2.45, 2.75) is 49.0 Å². The zero-order valence-corrected chi connectivity index (χ0v) is 21.2. The third-order valence-corrected chi connectivity index (χ3v) is 9.05. The summed E-state index contributed by atoms with van der Waals surface area (Å²) in [6.45, 7) is 2.13. The van der Waals surface area contributed by atoms with Gasteiger partial charge in [0.2, 0.25) is 0 Å². The summed E-state index contributed by atoms with van der Waals surface area (Å²) in [5.41, 5.74) is 5.01. The molecule has 0 spiro atoms. The highest BCUT2D eigenvalue weighted by atomic mass is 32.2. The van der Waals surface area contributed by atoms with Crippen LogP contribution < -0.4 is 5.32 Å². The molecular weight excluding hydrogens is 488 g/mol. The number of hydrogen-bond donors (Lipinski definition) is 1. The lowest BCUT2D eigenvalue weighted by Gasteiger charge is -2.12. The number of pyridine rings is 3. The molecule has 1 N–H and O–H groups in total. The van der Waals surface area contributed by atoms with Crippen LogP contribution in [0.2, 0.25) is 0 Å². The van der Waals surface area contributed by atoms with Gasteiger partial charge in [-0.3, -0.25) is 14.8 Å². The number of nitrogens with one attached hydrogen (secondary N) is 1. The molecule has 0 saturated heterocycles. The monoisotopic (exact) mass is 514 g/mol. The van der Waals surface area contributed by atoms with Gasteiger partial charge in [0, 0.05) is 28.8 Å². The standard InChI is InChI=1S/C28H26N4O4S/c1-17-15-36-16-21-8-7-19(11-27(21)37(17,34)35)28(33)30-14-22-12-26-20(13-29-22)9-10-25(32-26)24-4-2-3-23(31-24)18-5-6-18/h2-4,7-13,17-18H,5-6,14-16H2,1H3,(H,30,33)/t17-/m0/s1. The van der Waals surface area contributed by atoms with Gasteiger partial charge < -0.3 is 10.1 Å². The molecule has 6 rings (SSSR count). The van der Waals surface area contributed by atoms with Crippen molar-refractivity contribution in [3.05, 3.63) is 83.3 Å². The minimum Gasteiger partial charge on any atom is -0.375 e. The molecule has 1 aromatic carbocycles. The zero-order chi connectivity index (χ0) is 25.6. The highest BCUT2D eigenvalue weighted by Crippen LogP contribution is 2.39. The van der Waals surface area contributed by atoms with Crippen LogP contribution in [0.15, 0.2) is 65.7 Å². The maximum absolute atomic E-state index is 12.9. The first-order valence-electron chi connectivity index (χ1n) is 12.3. The number of carbonyl (C=O) groups is 1. The molecular formula is C28H26N4O4S. The van der Waals surface area contributed by atoms with Crippen molar-refractivity contribution in [3.8, 4) is 11.4 Å². The number of ether oxygens (including phenoxy) is 1. The van der Waals surface area contributed by atoms with Crippen molar-refractivity contribution < 1.29 is 17.9 Å². The number of rotatable bonds is 5. The van der Waals surface area contributed by atoms with Crippen molar-refractivity contribution in [2.24, 2.45) is 0 Å². The van der Waals surface area contributed by atoms with E-state index in [1.54, 1.807) is 25.3 Å². The van der Waals surface area contributed by atoms with Gasteiger partial charge in [0.25, 0.3) is 5.91 Å². The Morgan fingerprint density at radius 1 is 1.05 bits per heavy atom. The lowest BCUT2D eigenvalue weighted by Crippen LogP contribution is -2.24. The molecule has 1 amide bonds. The molecule has 8 nitrogen and oxygen atoms in total. The molecule has 0 bridgehead atoms. The van der Waals surface area contributed by atoms with Gasteiger partial charge in [-0.1, -0.05) is 12.1 Å². The van der Waals surface area contributed by atoms with E-state index in [0.717, 1.165) is 28.0 Å². The quantitative estimate of drug-likeness (QED) is 0.425. The molecule has 1 atom stereocenters. The minimum absolute atomic E-state index is 0.129. The summed E-state index contributed by atoms with van der Waals surface area (Å²) in [6.07, 6.45) is 4.12. The Balaban J connectivity index is 1.21. The topological polar surface area (TPSA) is 111 Å². The predicted molar refractivity (Wildman–Crippen MR) is 139 cm³/mol. The zero-order valence-electron chi connectivity index (χ0n) is 20.3. The first-order chi connectivity index (χ1) is 17.9. The summed E-state index contributed by atoms with van der Waals surface area (Å²) in [6, 6.07) is 16.5. The first kappa shape index (κ1) is 23.7. The number of carbonyl (C=O) groups excluding carboxylic acids is 1. The van der Waals surface area contributed by atoms with E-state index < -0.39 is 15.1 Å². The Morgan fingerprint density at radius 2 is 1.89 bits per heavy atom. The van der Waals surface area contributed by atoms with Crippen LogP contribution in [-0.2, 0) is 27.7 Å². The maximum Gasteiger partial charge on any atom is 0.251 e. The van der Waals surface area contributed by atoms with Crippen LogP contribution in [0, 0.1) is 0 Å². The largest absolute Gasteiger partial charge is 0.375 e. The second kappa shape index (κ2) is 9.32. The average molecular weight is 515 g/mol. The first-order valence-corrected chi connectivity index (χ1v) is 13.9. The number of fused-ring (bicyclic) bond motifs is 2. The Hall–Kier alpha value is -3.69. The Labute approximate surface area is 215 Å². The van der Waals surface area contributed by atoms with Gasteiger partial charge >= 0.3 is 0 Å². The third-order valence-electron chi connectivity index (χ3n) is 6.86. The molecule has 1 aliphatic carbocycles. The van der Waals surface area contributed by atoms with Gasteiger partial charge in [-0.05, 0) is 67.8 Å². The molecule has 3 aromatic heterocycles. The van der Waals surface area contributed by atoms with E-state index in [1.165, 1.54) is 18.9 Å². The summed E-state index contributed by atoms with van der Waals surface area (Å²) in [4.78, 5) is 27.1. The summed E-state index contributed by atoms with van der Waals surface area (Å²) in [5.74, 6) is 0.191. The minimum atomic E-state index is -3.57. The Kier molecular flexibility index (Phi) is 5.97. The van der Waals surface area contributed by atoms with Crippen LogP contribution in [0.4, 0.5) is 0 Å². The van der Waals surface area contributed by atoms with E-state index in [4.69, 9.17) is 14.7 Å². The van der Waals surface area contributed by atoms with Crippen molar-refractivity contribution in [1.29, 1.82) is 0 Å². The average Bonchev–Trinajstić information content (AvgIpc) is 3.77. The molecule has 1 saturated carbocycles. The van der Waals surface area contributed by atoms with E-state index in [0.29, 0.717) is 17.2 Å². The van der Waals surface area contributed by atoms with Crippen LogP contribution in [0.5, 0.6) is 0 Å². The number of amides is 1. The van der Waals surface area contributed by atoms with E-state index in [2.05, 4.69) is 16.4 Å². The normalized spacial score (nSPS) is 18.7. The molecule has 37 heavy (non-hydrogen) atoms. The second-order valence-electron chi connectivity index (χ2n) is 9.66. The van der Waals surface area contributed by atoms with Gasteiger partial charge in [-0.2, -0.15) is 0 Å². The number of sulfone groups is 1. The van der Waals surface area contributed by atoms with Gasteiger partial charge in [0.05, 0.1) is 52.5 Å². The van der Waals surface area contributed by atoms with Crippen LogP contribution in [0.25, 0.3) is 22.3 Å². The number of benzene rings is 1. The molecule has 4 heterocycles. The fourth-order valence-corrected chi connectivity index (χ4v) is 5.98. The van der Waals surface area contributed by atoms with Gasteiger partial charge in [-0.25, -0.2) is 13.4 Å². The number of nitrogens with zero attached hydrogens (tertiary/aromatic N) is 3. The van der Waals surface area contributed by atoms with Crippen LogP contribution in [0.1, 0.15) is 53.0 Å². The summed E-state index contributed by atoms with van der Waals surface area (Å²) < 4.78 is 31.2. The Bertz CT molecular complexity index is 1630. The van der Waals surface area contributed by atoms with E-state index >= 15 is 0 Å². The molecule has 9 heteroatoms. The number of hydrogen-bond acceptors (Lipinski definition) is 7. The fraction of sp³-hybridized carbons (Fsp3) is 0.286. The van der Waals surface area contributed by atoms with Crippen molar-refractivity contribution >= 4 is 26.6 Å². The molecule has 2 aliphatic rings. The van der Waals surface area contributed by atoms with E-state index in [-0.39, 0.29) is 36.1 Å². The van der Waals surface area contributed by atoms with Gasteiger partial charge in [0.1, 0.15) is 0 Å². The fourth-order valence-electron chi connectivity index (χ4n) is 4.49. The third kappa shape index (κ3) is 4.72. The van der Waals surface area contributed by atoms with Crippen molar-refractivity contribution in [1.82, 2.24) is 20.3 Å². The molecule has 188 valence electrons. The predicted octanol–water partition coefficient (Wildman–Crippen LogP) is 4.19. The molecule has 4 aromatic rings. The lowest BCUT2D eigenvalue weighted by atomic mass is 10.1. The van der Waals surface area contributed by atoms with Crippen molar-refractivity contribution in [3.63, 3.8) is 0 Å².